The summed E-state index contributed by atoms with van der Waals surface area (Å²) in [5.41, 5.74) is 7.58. The molecule has 0 saturated heterocycles. The normalized spacial score (nSPS) is 14.4. The van der Waals surface area contributed by atoms with E-state index in [0.29, 0.717) is 10.4 Å². The van der Waals surface area contributed by atoms with Crippen molar-refractivity contribution in [2.75, 3.05) is 6.54 Å². The summed E-state index contributed by atoms with van der Waals surface area (Å²) in [4.78, 5) is 4.55. The van der Waals surface area contributed by atoms with Crippen LogP contribution in [-0.2, 0) is 0 Å². The fourth-order valence-corrected chi connectivity index (χ4v) is 2.65. The maximum Gasteiger partial charge on any atom is 0.145 e. The number of nitrogens with two attached hydrogens (primary N) is 1. The van der Waals surface area contributed by atoms with Gasteiger partial charge in [-0.05, 0) is 11.6 Å². The minimum atomic E-state index is -0.879. The van der Waals surface area contributed by atoms with Gasteiger partial charge in [0, 0.05) is 18.7 Å². The SMILES string of the molecule is NCC(c1cccc(Cl)c1F)C(O)c1cncs1. The van der Waals surface area contributed by atoms with Crippen molar-refractivity contribution in [1.82, 2.24) is 4.98 Å². The average Bonchev–Trinajstić information content (AvgIpc) is 2.89. The van der Waals surface area contributed by atoms with E-state index in [1.807, 2.05) is 0 Å². The van der Waals surface area contributed by atoms with E-state index in [4.69, 9.17) is 17.3 Å². The number of hydrogen-bond acceptors (Lipinski definition) is 4. The van der Waals surface area contributed by atoms with E-state index in [1.54, 1.807) is 23.8 Å². The maximum absolute atomic E-state index is 13.9. The van der Waals surface area contributed by atoms with Gasteiger partial charge in [-0.15, -0.1) is 11.3 Å². The molecule has 0 aliphatic carbocycles. The van der Waals surface area contributed by atoms with Gasteiger partial charge in [0.05, 0.1) is 21.5 Å². The van der Waals surface area contributed by atoms with Crippen molar-refractivity contribution in [3.05, 3.63) is 51.2 Å². The third kappa shape index (κ3) is 2.54. The highest BCUT2D eigenvalue weighted by Gasteiger charge is 2.26. The van der Waals surface area contributed by atoms with Gasteiger partial charge in [-0.3, -0.25) is 4.98 Å². The topological polar surface area (TPSA) is 59.1 Å². The Hall–Kier alpha value is -1.01. The van der Waals surface area contributed by atoms with E-state index in [0.717, 1.165) is 0 Å². The molecule has 1 aromatic carbocycles. The van der Waals surface area contributed by atoms with Crippen LogP contribution in [0.4, 0.5) is 4.39 Å². The van der Waals surface area contributed by atoms with Gasteiger partial charge in [0.1, 0.15) is 5.82 Å². The lowest BCUT2D eigenvalue weighted by Crippen LogP contribution is -2.20. The lowest BCUT2D eigenvalue weighted by atomic mass is 9.92. The Labute approximate surface area is 113 Å². The number of aliphatic hydroxyl groups excluding tert-OH is 1. The molecule has 0 fully saturated rings. The van der Waals surface area contributed by atoms with E-state index in [-0.39, 0.29) is 11.6 Å². The van der Waals surface area contributed by atoms with Crippen LogP contribution in [-0.4, -0.2) is 16.6 Å². The van der Waals surface area contributed by atoms with Crippen molar-refractivity contribution in [1.29, 1.82) is 0 Å². The van der Waals surface area contributed by atoms with E-state index < -0.39 is 17.8 Å². The van der Waals surface area contributed by atoms with Crippen LogP contribution in [0, 0.1) is 5.82 Å². The molecular formula is C12H12ClFN2OS. The summed E-state index contributed by atoms with van der Waals surface area (Å²) in [5.74, 6) is -1.07. The van der Waals surface area contributed by atoms with Crippen LogP contribution < -0.4 is 5.73 Å². The van der Waals surface area contributed by atoms with Crippen LogP contribution in [0.2, 0.25) is 5.02 Å². The van der Waals surface area contributed by atoms with Crippen molar-refractivity contribution >= 4 is 22.9 Å². The summed E-state index contributed by atoms with van der Waals surface area (Å²) in [6, 6.07) is 4.69. The molecular weight excluding hydrogens is 275 g/mol. The van der Waals surface area contributed by atoms with Crippen molar-refractivity contribution in [2.45, 2.75) is 12.0 Å². The number of nitrogens with zero attached hydrogens (tertiary/aromatic N) is 1. The number of halogens is 2. The molecule has 0 spiro atoms. The summed E-state index contributed by atoms with van der Waals surface area (Å²) < 4.78 is 13.9. The first-order valence-electron chi connectivity index (χ1n) is 5.35. The van der Waals surface area contributed by atoms with Gasteiger partial charge in [0.15, 0.2) is 0 Å². The van der Waals surface area contributed by atoms with Gasteiger partial charge in [-0.1, -0.05) is 23.7 Å². The van der Waals surface area contributed by atoms with Crippen LogP contribution in [0.3, 0.4) is 0 Å². The molecule has 0 aliphatic rings. The van der Waals surface area contributed by atoms with Gasteiger partial charge in [-0.25, -0.2) is 4.39 Å². The first-order valence-corrected chi connectivity index (χ1v) is 6.61. The van der Waals surface area contributed by atoms with Crippen molar-refractivity contribution in [2.24, 2.45) is 5.73 Å². The first-order chi connectivity index (χ1) is 8.65. The van der Waals surface area contributed by atoms with Crippen LogP contribution in [0.5, 0.6) is 0 Å². The zero-order valence-electron chi connectivity index (χ0n) is 9.38. The summed E-state index contributed by atoms with van der Waals surface area (Å²) in [7, 11) is 0. The van der Waals surface area contributed by atoms with Crippen LogP contribution in [0.25, 0.3) is 0 Å². The molecule has 2 atom stereocenters. The summed E-state index contributed by atoms with van der Waals surface area (Å²) in [6.45, 7) is 0.121. The average molecular weight is 287 g/mol. The highest BCUT2D eigenvalue weighted by molar-refractivity contribution is 7.09. The minimum Gasteiger partial charge on any atom is -0.387 e. The Kier molecular flexibility index (Phi) is 4.29. The minimum absolute atomic E-state index is 0.0301. The second-order valence-corrected chi connectivity index (χ2v) is 5.16. The molecule has 0 bridgehead atoms. The van der Waals surface area contributed by atoms with E-state index in [2.05, 4.69) is 4.98 Å². The highest BCUT2D eigenvalue weighted by Crippen LogP contribution is 2.34. The van der Waals surface area contributed by atoms with E-state index >= 15 is 0 Å². The van der Waals surface area contributed by atoms with Crippen LogP contribution in [0.15, 0.2) is 29.9 Å². The molecule has 0 amide bonds. The van der Waals surface area contributed by atoms with Crippen molar-refractivity contribution < 1.29 is 9.50 Å². The number of thiazole rings is 1. The molecule has 0 saturated carbocycles. The first kappa shape index (κ1) is 13.4. The largest absolute Gasteiger partial charge is 0.387 e. The number of aliphatic hydroxyl groups is 1. The second-order valence-electron chi connectivity index (χ2n) is 3.83. The molecule has 1 aromatic heterocycles. The standard InChI is InChI=1S/C12H12ClFN2OS/c13-9-3-1-2-7(11(9)14)8(4-15)12(17)10-5-16-6-18-10/h1-3,5-6,8,12,17H,4,15H2. The molecule has 1 heterocycles. The van der Waals surface area contributed by atoms with Gasteiger partial charge < -0.3 is 10.8 Å². The molecule has 18 heavy (non-hydrogen) atoms. The second kappa shape index (κ2) is 5.75. The Morgan fingerprint density at radius 2 is 2.28 bits per heavy atom. The Bertz CT molecular complexity index is 521. The quantitative estimate of drug-likeness (QED) is 0.908. The monoisotopic (exact) mass is 286 g/mol. The number of rotatable bonds is 4. The summed E-state index contributed by atoms with van der Waals surface area (Å²) in [5, 5.41) is 10.2. The molecule has 96 valence electrons. The smallest absolute Gasteiger partial charge is 0.145 e. The molecule has 2 aromatic rings. The van der Waals surface area contributed by atoms with Crippen LogP contribution in [0.1, 0.15) is 22.5 Å². The number of aromatic nitrogens is 1. The van der Waals surface area contributed by atoms with E-state index in [1.165, 1.54) is 17.4 Å². The molecule has 2 rings (SSSR count). The van der Waals surface area contributed by atoms with E-state index in [9.17, 15) is 9.50 Å². The van der Waals surface area contributed by atoms with Gasteiger partial charge in [-0.2, -0.15) is 0 Å². The van der Waals surface area contributed by atoms with Crippen molar-refractivity contribution in [3.8, 4) is 0 Å². The predicted molar refractivity (Wildman–Crippen MR) is 70.3 cm³/mol. The zero-order chi connectivity index (χ0) is 13.1. The number of benzene rings is 1. The molecule has 2 unspecified atom stereocenters. The summed E-state index contributed by atoms with van der Waals surface area (Å²) >= 11 is 7.04. The molecule has 6 heteroatoms. The number of hydrogen-bond donors (Lipinski definition) is 2. The molecule has 0 radical (unpaired) electrons. The van der Waals surface area contributed by atoms with Gasteiger partial charge in [0.25, 0.3) is 0 Å². The van der Waals surface area contributed by atoms with Gasteiger partial charge >= 0.3 is 0 Å². The maximum atomic E-state index is 13.9. The predicted octanol–water partition coefficient (Wildman–Crippen LogP) is 2.71. The fraction of sp³-hybridized carbons (Fsp3) is 0.250. The lowest BCUT2D eigenvalue weighted by Gasteiger charge is -2.21. The Balaban J connectivity index is 2.36. The van der Waals surface area contributed by atoms with Crippen LogP contribution >= 0.6 is 22.9 Å². The zero-order valence-corrected chi connectivity index (χ0v) is 11.0. The highest BCUT2D eigenvalue weighted by atomic mass is 35.5. The lowest BCUT2D eigenvalue weighted by molar-refractivity contribution is 0.149. The summed E-state index contributed by atoms with van der Waals surface area (Å²) in [6.07, 6.45) is 0.677. The Morgan fingerprint density at radius 3 is 2.89 bits per heavy atom. The molecule has 0 aliphatic heterocycles. The van der Waals surface area contributed by atoms with Crippen molar-refractivity contribution in [3.63, 3.8) is 0 Å². The third-order valence-electron chi connectivity index (χ3n) is 2.76. The molecule has 3 nitrogen and oxygen atoms in total. The Morgan fingerprint density at radius 1 is 1.50 bits per heavy atom. The third-order valence-corrected chi connectivity index (χ3v) is 3.90. The fourth-order valence-electron chi connectivity index (χ4n) is 1.80. The van der Waals surface area contributed by atoms with Gasteiger partial charge in [0.2, 0.25) is 0 Å². The molecule has 3 N–H and O–H groups in total.